The van der Waals surface area contributed by atoms with Gasteiger partial charge in [0.25, 0.3) is 5.91 Å². The summed E-state index contributed by atoms with van der Waals surface area (Å²) < 4.78 is 6.14. The van der Waals surface area contributed by atoms with Gasteiger partial charge >= 0.3 is 0 Å². The third-order valence-corrected chi connectivity index (χ3v) is 3.78. The summed E-state index contributed by atoms with van der Waals surface area (Å²) >= 11 is 9.33. The average Bonchev–Trinajstić information content (AvgIpc) is 2.46. The molecule has 2 aromatic carbocycles. The number of halogens is 2. The zero-order chi connectivity index (χ0) is 15.4. The van der Waals surface area contributed by atoms with Gasteiger partial charge in [0, 0.05) is 23.1 Å². The van der Waals surface area contributed by atoms with Gasteiger partial charge in [-0.2, -0.15) is 0 Å². The van der Waals surface area contributed by atoms with Crippen molar-refractivity contribution in [2.75, 3.05) is 14.2 Å². The molecule has 1 amide bonds. The fourth-order valence-electron chi connectivity index (χ4n) is 2.03. The predicted molar refractivity (Wildman–Crippen MR) is 87.9 cm³/mol. The van der Waals surface area contributed by atoms with Crippen LogP contribution < -0.4 is 4.74 Å². The Morgan fingerprint density at radius 2 is 2.05 bits per heavy atom. The zero-order valence-corrected chi connectivity index (χ0v) is 14.1. The van der Waals surface area contributed by atoms with E-state index in [0.29, 0.717) is 22.9 Å². The Hall–Kier alpha value is -1.52. The fourth-order valence-corrected chi connectivity index (χ4v) is 2.58. The number of rotatable bonds is 4. The molecule has 110 valence electrons. The molecule has 0 spiro atoms. The summed E-state index contributed by atoms with van der Waals surface area (Å²) in [7, 11) is 3.31. The third kappa shape index (κ3) is 3.99. The van der Waals surface area contributed by atoms with E-state index >= 15 is 0 Å². The van der Waals surface area contributed by atoms with Gasteiger partial charge in [-0.25, -0.2) is 0 Å². The van der Waals surface area contributed by atoms with Crippen molar-refractivity contribution in [3.63, 3.8) is 0 Å². The van der Waals surface area contributed by atoms with Crippen LogP contribution in [-0.2, 0) is 6.54 Å². The summed E-state index contributed by atoms with van der Waals surface area (Å²) in [6.45, 7) is 0.485. The molecular weight excluding hydrogens is 354 g/mol. The van der Waals surface area contributed by atoms with Gasteiger partial charge in [-0.1, -0.05) is 39.7 Å². The Labute approximate surface area is 137 Å². The van der Waals surface area contributed by atoms with Crippen LogP contribution in [-0.4, -0.2) is 25.0 Å². The lowest BCUT2D eigenvalue weighted by molar-refractivity contribution is 0.0781. The molecule has 21 heavy (non-hydrogen) atoms. The number of amides is 1. The molecule has 3 nitrogen and oxygen atoms in total. The Bertz CT molecular complexity index is 660. The van der Waals surface area contributed by atoms with Gasteiger partial charge in [-0.05, 0) is 35.9 Å². The van der Waals surface area contributed by atoms with Crippen molar-refractivity contribution in [1.82, 2.24) is 4.90 Å². The van der Waals surface area contributed by atoms with E-state index in [0.717, 1.165) is 10.0 Å². The van der Waals surface area contributed by atoms with Crippen LogP contribution in [0.25, 0.3) is 0 Å². The molecule has 0 atom stereocenters. The number of ether oxygens (including phenoxy) is 1. The number of benzene rings is 2. The lowest BCUT2D eigenvalue weighted by Crippen LogP contribution is -2.26. The van der Waals surface area contributed by atoms with Crippen molar-refractivity contribution in [3.05, 3.63) is 63.1 Å². The molecule has 0 radical (unpaired) electrons. The molecule has 0 aliphatic rings. The SMILES string of the molecule is COc1cc(Br)ccc1C(=O)N(C)Cc1cccc(Cl)c1. The maximum Gasteiger partial charge on any atom is 0.257 e. The molecule has 2 aromatic rings. The van der Waals surface area contributed by atoms with Crippen LogP contribution in [0.3, 0.4) is 0 Å². The molecule has 0 aliphatic carbocycles. The van der Waals surface area contributed by atoms with E-state index < -0.39 is 0 Å². The summed E-state index contributed by atoms with van der Waals surface area (Å²) in [4.78, 5) is 14.2. The second kappa shape index (κ2) is 6.96. The molecule has 0 aliphatic heterocycles. The molecule has 0 saturated carbocycles. The van der Waals surface area contributed by atoms with Crippen molar-refractivity contribution in [2.24, 2.45) is 0 Å². The topological polar surface area (TPSA) is 29.5 Å². The van der Waals surface area contributed by atoms with E-state index in [1.54, 1.807) is 31.2 Å². The molecular formula is C16H15BrClNO2. The van der Waals surface area contributed by atoms with E-state index in [9.17, 15) is 4.79 Å². The van der Waals surface area contributed by atoms with E-state index in [4.69, 9.17) is 16.3 Å². The van der Waals surface area contributed by atoms with Crippen LogP contribution in [0.1, 0.15) is 15.9 Å². The lowest BCUT2D eigenvalue weighted by atomic mass is 10.1. The van der Waals surface area contributed by atoms with Gasteiger partial charge in [0.05, 0.1) is 12.7 Å². The van der Waals surface area contributed by atoms with Gasteiger partial charge in [-0.3, -0.25) is 4.79 Å². The summed E-state index contributed by atoms with van der Waals surface area (Å²) in [5.74, 6) is 0.451. The monoisotopic (exact) mass is 367 g/mol. The first-order valence-electron chi connectivity index (χ1n) is 6.34. The van der Waals surface area contributed by atoms with E-state index in [1.165, 1.54) is 0 Å². The summed E-state index contributed by atoms with van der Waals surface area (Å²) in [6, 6.07) is 12.8. The number of methoxy groups -OCH3 is 1. The average molecular weight is 369 g/mol. The molecule has 0 fully saturated rings. The van der Waals surface area contributed by atoms with Crippen LogP contribution in [0.15, 0.2) is 46.9 Å². The minimum atomic E-state index is -0.0978. The number of nitrogens with zero attached hydrogens (tertiary/aromatic N) is 1. The first-order chi connectivity index (χ1) is 10.0. The third-order valence-electron chi connectivity index (χ3n) is 3.05. The molecule has 0 aromatic heterocycles. The molecule has 0 heterocycles. The highest BCUT2D eigenvalue weighted by atomic mass is 79.9. The highest BCUT2D eigenvalue weighted by Gasteiger charge is 2.17. The van der Waals surface area contributed by atoms with Crippen molar-refractivity contribution in [3.8, 4) is 5.75 Å². The van der Waals surface area contributed by atoms with Crippen LogP contribution >= 0.6 is 27.5 Å². The minimum Gasteiger partial charge on any atom is -0.496 e. The standard InChI is InChI=1S/C16H15BrClNO2/c1-19(10-11-4-3-5-13(18)8-11)16(20)14-7-6-12(17)9-15(14)21-2/h3-9H,10H2,1-2H3. The number of hydrogen-bond donors (Lipinski definition) is 0. The second-order valence-electron chi connectivity index (χ2n) is 4.64. The minimum absolute atomic E-state index is 0.0978. The smallest absolute Gasteiger partial charge is 0.257 e. The van der Waals surface area contributed by atoms with Crippen LogP contribution in [0.2, 0.25) is 5.02 Å². The van der Waals surface area contributed by atoms with E-state index in [-0.39, 0.29) is 5.91 Å². The van der Waals surface area contributed by atoms with E-state index in [2.05, 4.69) is 15.9 Å². The first kappa shape index (κ1) is 15.9. The predicted octanol–water partition coefficient (Wildman–Crippen LogP) is 4.38. The van der Waals surface area contributed by atoms with Gasteiger partial charge in [0.1, 0.15) is 5.75 Å². The maximum absolute atomic E-state index is 12.5. The summed E-state index contributed by atoms with van der Waals surface area (Å²) in [5, 5.41) is 0.662. The fraction of sp³-hybridized carbons (Fsp3) is 0.188. The van der Waals surface area contributed by atoms with Crippen molar-refractivity contribution in [2.45, 2.75) is 6.54 Å². The molecule has 0 saturated heterocycles. The molecule has 0 bridgehead atoms. The Morgan fingerprint density at radius 1 is 1.29 bits per heavy atom. The van der Waals surface area contributed by atoms with Crippen molar-refractivity contribution >= 4 is 33.4 Å². The van der Waals surface area contributed by atoms with Crippen molar-refractivity contribution in [1.29, 1.82) is 0 Å². The number of carbonyl (C=O) groups is 1. The second-order valence-corrected chi connectivity index (χ2v) is 5.99. The summed E-state index contributed by atoms with van der Waals surface area (Å²) in [5.41, 5.74) is 1.51. The molecule has 0 unspecified atom stereocenters. The highest BCUT2D eigenvalue weighted by Crippen LogP contribution is 2.25. The maximum atomic E-state index is 12.5. The Kier molecular flexibility index (Phi) is 5.26. The zero-order valence-electron chi connectivity index (χ0n) is 11.8. The van der Waals surface area contributed by atoms with Gasteiger partial charge < -0.3 is 9.64 Å². The Balaban J connectivity index is 2.19. The van der Waals surface area contributed by atoms with Crippen LogP contribution in [0.5, 0.6) is 5.75 Å². The highest BCUT2D eigenvalue weighted by molar-refractivity contribution is 9.10. The van der Waals surface area contributed by atoms with Crippen LogP contribution in [0.4, 0.5) is 0 Å². The first-order valence-corrected chi connectivity index (χ1v) is 7.52. The lowest BCUT2D eigenvalue weighted by Gasteiger charge is -2.19. The van der Waals surface area contributed by atoms with Crippen LogP contribution in [0, 0.1) is 0 Å². The number of hydrogen-bond acceptors (Lipinski definition) is 2. The molecule has 5 heteroatoms. The van der Waals surface area contributed by atoms with E-state index in [1.807, 2.05) is 30.3 Å². The molecule has 2 rings (SSSR count). The normalized spacial score (nSPS) is 10.3. The van der Waals surface area contributed by atoms with Gasteiger partial charge in [0.15, 0.2) is 0 Å². The molecule has 0 N–H and O–H groups in total. The summed E-state index contributed by atoms with van der Waals surface area (Å²) in [6.07, 6.45) is 0. The van der Waals surface area contributed by atoms with Gasteiger partial charge in [-0.15, -0.1) is 0 Å². The largest absolute Gasteiger partial charge is 0.496 e. The Morgan fingerprint density at radius 3 is 2.71 bits per heavy atom. The van der Waals surface area contributed by atoms with Crippen molar-refractivity contribution < 1.29 is 9.53 Å². The number of carbonyl (C=O) groups excluding carboxylic acids is 1. The van der Waals surface area contributed by atoms with Gasteiger partial charge in [0.2, 0.25) is 0 Å². The quantitative estimate of drug-likeness (QED) is 0.801.